The first-order valence-electron chi connectivity index (χ1n) is 4.86. The molecule has 2 N–H and O–H groups in total. The summed E-state index contributed by atoms with van der Waals surface area (Å²) >= 11 is 3.39. The molecule has 2 nitrogen and oxygen atoms in total. The maximum atomic E-state index is 9.05. The molecule has 78 valence electrons. The maximum Gasteiger partial charge on any atom is 0.0512 e. The van der Waals surface area contributed by atoms with Gasteiger partial charge in [-0.3, -0.25) is 0 Å². The molecule has 0 radical (unpaired) electrons. The SMILES string of the molecule is CC(O)CCCNc1ccc(Br)cc1. The largest absolute Gasteiger partial charge is 0.393 e. The number of aliphatic hydroxyl groups excluding tert-OH is 1. The second-order valence-corrected chi connectivity index (χ2v) is 4.34. The maximum absolute atomic E-state index is 9.05. The Morgan fingerprint density at radius 1 is 1.36 bits per heavy atom. The van der Waals surface area contributed by atoms with Crippen molar-refractivity contribution >= 4 is 21.6 Å². The van der Waals surface area contributed by atoms with Gasteiger partial charge in [-0.05, 0) is 44.0 Å². The second kappa shape index (κ2) is 6.04. The lowest BCUT2D eigenvalue weighted by Gasteiger charge is -2.07. The average molecular weight is 258 g/mol. The van der Waals surface area contributed by atoms with E-state index in [1.54, 1.807) is 0 Å². The molecular weight excluding hydrogens is 242 g/mol. The third kappa shape index (κ3) is 4.63. The van der Waals surface area contributed by atoms with E-state index in [-0.39, 0.29) is 6.10 Å². The highest BCUT2D eigenvalue weighted by molar-refractivity contribution is 9.10. The molecule has 0 amide bonds. The van der Waals surface area contributed by atoms with Gasteiger partial charge in [0, 0.05) is 16.7 Å². The molecule has 0 heterocycles. The van der Waals surface area contributed by atoms with Crippen LogP contribution >= 0.6 is 15.9 Å². The molecule has 14 heavy (non-hydrogen) atoms. The number of rotatable bonds is 5. The Kier molecular flexibility index (Phi) is 4.98. The molecule has 0 saturated heterocycles. The van der Waals surface area contributed by atoms with E-state index >= 15 is 0 Å². The highest BCUT2D eigenvalue weighted by Gasteiger charge is 1.95. The Hall–Kier alpha value is -0.540. The van der Waals surface area contributed by atoms with Crippen molar-refractivity contribution in [3.8, 4) is 0 Å². The molecule has 0 spiro atoms. The molecule has 0 aliphatic heterocycles. The first-order valence-corrected chi connectivity index (χ1v) is 5.65. The first kappa shape index (κ1) is 11.5. The van der Waals surface area contributed by atoms with Gasteiger partial charge < -0.3 is 10.4 Å². The first-order chi connectivity index (χ1) is 6.68. The molecule has 1 atom stereocenters. The van der Waals surface area contributed by atoms with Crippen molar-refractivity contribution in [3.63, 3.8) is 0 Å². The normalized spacial score (nSPS) is 12.5. The third-order valence-corrected chi connectivity index (χ3v) is 2.50. The van der Waals surface area contributed by atoms with Crippen LogP contribution in [0, 0.1) is 0 Å². The molecule has 0 aromatic heterocycles. The highest BCUT2D eigenvalue weighted by Crippen LogP contribution is 2.14. The Balaban J connectivity index is 2.21. The molecule has 1 unspecified atom stereocenters. The Morgan fingerprint density at radius 3 is 2.57 bits per heavy atom. The Morgan fingerprint density at radius 2 is 2.00 bits per heavy atom. The fourth-order valence-corrected chi connectivity index (χ4v) is 1.46. The minimum Gasteiger partial charge on any atom is -0.393 e. The van der Waals surface area contributed by atoms with E-state index in [0.29, 0.717) is 0 Å². The summed E-state index contributed by atoms with van der Waals surface area (Å²) in [6.45, 7) is 2.73. The monoisotopic (exact) mass is 257 g/mol. The summed E-state index contributed by atoms with van der Waals surface area (Å²) in [4.78, 5) is 0. The summed E-state index contributed by atoms with van der Waals surface area (Å²) < 4.78 is 1.09. The summed E-state index contributed by atoms with van der Waals surface area (Å²) in [7, 11) is 0. The van der Waals surface area contributed by atoms with Gasteiger partial charge in [-0.2, -0.15) is 0 Å². The van der Waals surface area contributed by atoms with Crippen molar-refractivity contribution in [2.45, 2.75) is 25.9 Å². The molecule has 0 bridgehead atoms. The van der Waals surface area contributed by atoms with Crippen LogP contribution in [0.15, 0.2) is 28.7 Å². The zero-order chi connectivity index (χ0) is 10.4. The van der Waals surface area contributed by atoms with Gasteiger partial charge in [0.25, 0.3) is 0 Å². The zero-order valence-corrected chi connectivity index (χ0v) is 9.92. The predicted molar refractivity (Wildman–Crippen MR) is 63.5 cm³/mol. The molecule has 0 fully saturated rings. The number of nitrogens with one attached hydrogen (secondary N) is 1. The van der Waals surface area contributed by atoms with Crippen molar-refractivity contribution in [2.24, 2.45) is 0 Å². The van der Waals surface area contributed by atoms with E-state index < -0.39 is 0 Å². The molecule has 1 rings (SSSR count). The lowest BCUT2D eigenvalue weighted by atomic mass is 10.2. The van der Waals surface area contributed by atoms with E-state index in [1.807, 2.05) is 31.2 Å². The predicted octanol–water partition coefficient (Wildman–Crippen LogP) is 3.02. The van der Waals surface area contributed by atoms with Crippen LogP contribution < -0.4 is 5.32 Å². The second-order valence-electron chi connectivity index (χ2n) is 3.42. The van der Waals surface area contributed by atoms with Gasteiger partial charge in [0.05, 0.1) is 6.10 Å². The number of halogens is 1. The Bertz CT molecular complexity index is 258. The van der Waals surface area contributed by atoms with Crippen LogP contribution in [0.4, 0.5) is 5.69 Å². The van der Waals surface area contributed by atoms with Crippen LogP contribution in [-0.4, -0.2) is 17.8 Å². The van der Waals surface area contributed by atoms with E-state index in [1.165, 1.54) is 0 Å². The average Bonchev–Trinajstić information content (AvgIpc) is 2.15. The number of anilines is 1. The number of hydrogen-bond donors (Lipinski definition) is 2. The van der Waals surface area contributed by atoms with Crippen LogP contribution in [0.5, 0.6) is 0 Å². The Labute approximate surface area is 93.5 Å². The van der Waals surface area contributed by atoms with Gasteiger partial charge in [-0.15, -0.1) is 0 Å². The highest BCUT2D eigenvalue weighted by atomic mass is 79.9. The molecule has 1 aromatic rings. The van der Waals surface area contributed by atoms with Crippen LogP contribution in [0.1, 0.15) is 19.8 Å². The fraction of sp³-hybridized carbons (Fsp3) is 0.455. The molecule has 3 heteroatoms. The molecular formula is C11H16BrNO. The van der Waals surface area contributed by atoms with Crippen molar-refractivity contribution in [2.75, 3.05) is 11.9 Å². The molecule has 0 aliphatic carbocycles. The lowest BCUT2D eigenvalue weighted by Crippen LogP contribution is -2.06. The standard InChI is InChI=1S/C11H16BrNO/c1-9(14)3-2-8-13-11-6-4-10(12)5-7-11/h4-7,9,13-14H,2-3,8H2,1H3. The number of aliphatic hydroxyl groups is 1. The minimum atomic E-state index is -0.193. The van der Waals surface area contributed by atoms with Crippen LogP contribution in [-0.2, 0) is 0 Å². The topological polar surface area (TPSA) is 32.3 Å². The quantitative estimate of drug-likeness (QED) is 0.796. The molecule has 1 aromatic carbocycles. The fourth-order valence-electron chi connectivity index (χ4n) is 1.20. The van der Waals surface area contributed by atoms with Gasteiger partial charge in [-0.1, -0.05) is 15.9 Å². The zero-order valence-electron chi connectivity index (χ0n) is 8.33. The van der Waals surface area contributed by atoms with Crippen LogP contribution in [0.2, 0.25) is 0 Å². The number of hydrogen-bond acceptors (Lipinski definition) is 2. The lowest BCUT2D eigenvalue weighted by molar-refractivity contribution is 0.183. The number of benzene rings is 1. The summed E-state index contributed by atoms with van der Waals surface area (Å²) in [5.74, 6) is 0. The van der Waals surface area contributed by atoms with Crippen molar-refractivity contribution in [3.05, 3.63) is 28.7 Å². The minimum absolute atomic E-state index is 0.193. The van der Waals surface area contributed by atoms with Crippen LogP contribution in [0.25, 0.3) is 0 Å². The third-order valence-electron chi connectivity index (χ3n) is 1.97. The van der Waals surface area contributed by atoms with Gasteiger partial charge in [0.2, 0.25) is 0 Å². The smallest absolute Gasteiger partial charge is 0.0512 e. The van der Waals surface area contributed by atoms with Gasteiger partial charge in [0.1, 0.15) is 0 Å². The van der Waals surface area contributed by atoms with Crippen molar-refractivity contribution < 1.29 is 5.11 Å². The summed E-state index contributed by atoms with van der Waals surface area (Å²) in [5, 5.41) is 12.3. The van der Waals surface area contributed by atoms with Gasteiger partial charge in [0.15, 0.2) is 0 Å². The van der Waals surface area contributed by atoms with E-state index in [2.05, 4.69) is 21.2 Å². The van der Waals surface area contributed by atoms with Crippen molar-refractivity contribution in [1.82, 2.24) is 0 Å². The van der Waals surface area contributed by atoms with Gasteiger partial charge in [-0.25, -0.2) is 0 Å². The molecule has 0 saturated carbocycles. The molecule has 0 aliphatic rings. The van der Waals surface area contributed by atoms with E-state index in [9.17, 15) is 0 Å². The van der Waals surface area contributed by atoms with Crippen LogP contribution in [0.3, 0.4) is 0 Å². The van der Waals surface area contributed by atoms with E-state index in [4.69, 9.17) is 5.11 Å². The van der Waals surface area contributed by atoms with Crippen molar-refractivity contribution in [1.29, 1.82) is 0 Å². The summed E-state index contributed by atoms with van der Waals surface area (Å²) in [6, 6.07) is 8.09. The van der Waals surface area contributed by atoms with Gasteiger partial charge >= 0.3 is 0 Å². The van der Waals surface area contributed by atoms with E-state index in [0.717, 1.165) is 29.5 Å². The summed E-state index contributed by atoms with van der Waals surface area (Å²) in [6.07, 6.45) is 1.65. The summed E-state index contributed by atoms with van der Waals surface area (Å²) in [5.41, 5.74) is 1.12.